The van der Waals surface area contributed by atoms with Crippen LogP contribution in [0.25, 0.3) is 11.3 Å². The molecule has 6 heteroatoms. The summed E-state index contributed by atoms with van der Waals surface area (Å²) >= 11 is 1.17. The SMILES string of the molecule is CC/C=C/COc1nsnc1-c1ccc[n+](C)c1.[I-]. The zero-order valence-corrected chi connectivity index (χ0v) is 13.9. The van der Waals surface area contributed by atoms with Gasteiger partial charge in [0.25, 0.3) is 5.88 Å². The van der Waals surface area contributed by atoms with Gasteiger partial charge in [0, 0.05) is 6.07 Å². The third-order valence-electron chi connectivity index (χ3n) is 2.39. The third-order valence-corrected chi connectivity index (χ3v) is 2.90. The molecule has 2 heterocycles. The Bertz CT molecular complexity index is 542. The predicted octanol–water partition coefficient (Wildman–Crippen LogP) is -0.621. The summed E-state index contributed by atoms with van der Waals surface area (Å²) in [6.07, 6.45) is 9.06. The molecule has 0 radical (unpaired) electrons. The van der Waals surface area contributed by atoms with E-state index in [0.717, 1.165) is 17.7 Å². The zero-order valence-electron chi connectivity index (χ0n) is 10.9. The van der Waals surface area contributed by atoms with E-state index in [1.807, 2.05) is 42.2 Å². The third kappa shape index (κ3) is 4.54. The second-order valence-corrected chi connectivity index (χ2v) is 4.40. The van der Waals surface area contributed by atoms with E-state index in [2.05, 4.69) is 21.7 Å². The number of hydrogen-bond donors (Lipinski definition) is 0. The fraction of sp³-hybridized carbons (Fsp3) is 0.308. The van der Waals surface area contributed by atoms with E-state index in [4.69, 9.17) is 4.74 Å². The van der Waals surface area contributed by atoms with Gasteiger partial charge in [0.2, 0.25) is 0 Å². The Kier molecular flexibility index (Phi) is 6.93. The molecular formula is C13H16IN3OS. The van der Waals surface area contributed by atoms with E-state index in [0.29, 0.717) is 12.5 Å². The molecule has 102 valence electrons. The number of halogens is 1. The van der Waals surface area contributed by atoms with Gasteiger partial charge >= 0.3 is 0 Å². The standard InChI is InChI=1S/C13H16N3OS.HI/c1-3-4-5-9-17-13-12(14-18-15-13)11-7-6-8-16(2)10-11;/h4-8,10H,3,9H2,1-2H3;1H/q+1;/p-1/b5-4+;. The van der Waals surface area contributed by atoms with Gasteiger partial charge in [-0.1, -0.05) is 19.1 Å². The Hall–Kier alpha value is -1.02. The molecule has 0 unspecified atom stereocenters. The van der Waals surface area contributed by atoms with Gasteiger partial charge in [-0.25, -0.2) is 4.57 Å². The zero-order chi connectivity index (χ0) is 12.8. The molecule has 2 aromatic heterocycles. The van der Waals surface area contributed by atoms with Crippen molar-refractivity contribution in [2.45, 2.75) is 13.3 Å². The highest BCUT2D eigenvalue weighted by Gasteiger charge is 2.13. The van der Waals surface area contributed by atoms with E-state index in [9.17, 15) is 0 Å². The Morgan fingerprint density at radius 3 is 2.95 bits per heavy atom. The monoisotopic (exact) mass is 389 g/mol. The van der Waals surface area contributed by atoms with Gasteiger partial charge < -0.3 is 28.7 Å². The molecule has 0 spiro atoms. The number of hydrogen-bond acceptors (Lipinski definition) is 4. The molecule has 0 aliphatic rings. The number of nitrogens with zero attached hydrogens (tertiary/aromatic N) is 3. The van der Waals surface area contributed by atoms with Crippen molar-refractivity contribution in [3.8, 4) is 17.1 Å². The van der Waals surface area contributed by atoms with Crippen molar-refractivity contribution in [1.29, 1.82) is 0 Å². The highest BCUT2D eigenvalue weighted by molar-refractivity contribution is 6.99. The van der Waals surface area contributed by atoms with Gasteiger partial charge in [0.15, 0.2) is 18.1 Å². The van der Waals surface area contributed by atoms with Crippen molar-refractivity contribution in [3.63, 3.8) is 0 Å². The molecule has 4 nitrogen and oxygen atoms in total. The van der Waals surface area contributed by atoms with Crippen LogP contribution in [0.5, 0.6) is 5.88 Å². The van der Waals surface area contributed by atoms with Gasteiger partial charge in [-0.05, 0) is 12.5 Å². The minimum atomic E-state index is 0. The molecule has 19 heavy (non-hydrogen) atoms. The summed E-state index contributed by atoms with van der Waals surface area (Å²) in [7, 11) is 1.98. The van der Waals surface area contributed by atoms with Crippen LogP contribution in [0.3, 0.4) is 0 Å². The molecule has 0 saturated carbocycles. The lowest BCUT2D eigenvalue weighted by Crippen LogP contribution is -3.00. The Morgan fingerprint density at radius 2 is 2.21 bits per heavy atom. The van der Waals surface area contributed by atoms with Crippen molar-refractivity contribution in [2.75, 3.05) is 6.61 Å². The Balaban J connectivity index is 0.00000180. The fourth-order valence-electron chi connectivity index (χ4n) is 1.54. The van der Waals surface area contributed by atoms with Crippen LogP contribution in [0.15, 0.2) is 36.7 Å². The average Bonchev–Trinajstić information content (AvgIpc) is 2.83. The molecule has 0 aliphatic carbocycles. The number of aromatic nitrogens is 3. The molecular weight excluding hydrogens is 373 g/mol. The highest BCUT2D eigenvalue weighted by Crippen LogP contribution is 2.26. The summed E-state index contributed by atoms with van der Waals surface area (Å²) in [5.74, 6) is 0.604. The fourth-order valence-corrected chi connectivity index (χ4v) is 2.06. The van der Waals surface area contributed by atoms with Crippen LogP contribution in [0.1, 0.15) is 13.3 Å². The molecule has 2 rings (SSSR count). The summed E-state index contributed by atoms with van der Waals surface area (Å²) in [6.45, 7) is 2.63. The minimum absolute atomic E-state index is 0. The van der Waals surface area contributed by atoms with Crippen LogP contribution in [0.4, 0.5) is 0 Å². The summed E-state index contributed by atoms with van der Waals surface area (Å²) in [5, 5.41) is 0. The quantitative estimate of drug-likeness (QED) is 0.389. The van der Waals surface area contributed by atoms with Crippen LogP contribution < -0.4 is 33.3 Å². The smallest absolute Gasteiger partial charge is 0.254 e. The van der Waals surface area contributed by atoms with Crippen molar-refractivity contribution in [1.82, 2.24) is 8.75 Å². The molecule has 0 aromatic carbocycles. The molecule has 0 fully saturated rings. The minimum Gasteiger partial charge on any atom is -1.00 e. The van der Waals surface area contributed by atoms with Crippen molar-refractivity contribution in [2.24, 2.45) is 7.05 Å². The van der Waals surface area contributed by atoms with Crippen LogP contribution >= 0.6 is 11.7 Å². The number of allylic oxidation sites excluding steroid dienone is 1. The van der Waals surface area contributed by atoms with Crippen molar-refractivity contribution < 1.29 is 33.3 Å². The van der Waals surface area contributed by atoms with Crippen LogP contribution in [0, 0.1) is 0 Å². The molecule has 0 bridgehead atoms. The van der Waals surface area contributed by atoms with E-state index < -0.39 is 0 Å². The summed E-state index contributed by atoms with van der Waals surface area (Å²) in [6, 6.07) is 3.99. The largest absolute Gasteiger partial charge is 1.00 e. The first-order valence-corrected chi connectivity index (χ1v) is 6.60. The lowest BCUT2D eigenvalue weighted by molar-refractivity contribution is -0.671. The van der Waals surface area contributed by atoms with Crippen molar-refractivity contribution >= 4 is 11.7 Å². The number of aryl methyl sites for hydroxylation is 1. The molecule has 0 aliphatic heterocycles. The van der Waals surface area contributed by atoms with Gasteiger partial charge in [0.05, 0.1) is 17.3 Å². The maximum absolute atomic E-state index is 5.61. The van der Waals surface area contributed by atoms with Gasteiger partial charge in [-0.15, -0.1) is 4.37 Å². The predicted molar refractivity (Wildman–Crippen MR) is 71.4 cm³/mol. The maximum Gasteiger partial charge on any atom is 0.254 e. The molecule has 0 N–H and O–H groups in total. The first kappa shape index (κ1) is 16.0. The molecule has 2 aromatic rings. The second-order valence-electron chi connectivity index (χ2n) is 3.87. The lowest BCUT2D eigenvalue weighted by atomic mass is 10.2. The van der Waals surface area contributed by atoms with Crippen molar-refractivity contribution in [3.05, 3.63) is 36.7 Å². The van der Waals surface area contributed by atoms with Gasteiger partial charge in [-0.2, -0.15) is 4.37 Å². The maximum atomic E-state index is 5.61. The first-order chi connectivity index (χ1) is 8.81. The van der Waals surface area contributed by atoms with Gasteiger partial charge in [-0.3, -0.25) is 0 Å². The van der Waals surface area contributed by atoms with E-state index >= 15 is 0 Å². The van der Waals surface area contributed by atoms with E-state index in [-0.39, 0.29) is 24.0 Å². The average molecular weight is 389 g/mol. The number of pyridine rings is 1. The number of rotatable bonds is 5. The summed E-state index contributed by atoms with van der Waals surface area (Å²) < 4.78 is 16.1. The first-order valence-electron chi connectivity index (χ1n) is 5.87. The lowest BCUT2D eigenvalue weighted by Gasteiger charge is -2.01. The van der Waals surface area contributed by atoms with Crippen LogP contribution in [0.2, 0.25) is 0 Å². The normalized spacial score (nSPS) is 10.4. The molecule has 0 atom stereocenters. The highest BCUT2D eigenvalue weighted by atomic mass is 127. The summed E-state index contributed by atoms with van der Waals surface area (Å²) in [4.78, 5) is 0. The molecule has 0 saturated heterocycles. The second kappa shape index (κ2) is 8.21. The molecule has 0 amide bonds. The Morgan fingerprint density at radius 1 is 1.37 bits per heavy atom. The number of ether oxygens (including phenoxy) is 1. The van der Waals surface area contributed by atoms with E-state index in [1.165, 1.54) is 11.7 Å². The Labute approximate surface area is 134 Å². The van der Waals surface area contributed by atoms with Crippen LogP contribution in [-0.2, 0) is 7.05 Å². The van der Waals surface area contributed by atoms with Crippen LogP contribution in [-0.4, -0.2) is 15.4 Å². The summed E-state index contributed by atoms with van der Waals surface area (Å²) in [5.41, 5.74) is 1.82. The van der Waals surface area contributed by atoms with Gasteiger partial charge in [0.1, 0.15) is 13.7 Å². The topological polar surface area (TPSA) is 38.9 Å². The van der Waals surface area contributed by atoms with E-state index in [1.54, 1.807) is 0 Å².